The molecule has 0 fully saturated rings. The van der Waals surface area contributed by atoms with Gasteiger partial charge in [0.05, 0.1) is 0 Å². The van der Waals surface area contributed by atoms with Gasteiger partial charge in [-0.05, 0) is 11.1 Å². The molecule has 1 heterocycles. The molecule has 0 saturated carbocycles. The van der Waals surface area contributed by atoms with Gasteiger partial charge < -0.3 is 5.32 Å². The lowest BCUT2D eigenvalue weighted by atomic mass is 10.1. The summed E-state index contributed by atoms with van der Waals surface area (Å²) in [5.41, 5.74) is 2.34. The lowest BCUT2D eigenvalue weighted by Gasteiger charge is -2.03. The van der Waals surface area contributed by atoms with E-state index in [0.717, 1.165) is 29.5 Å². The summed E-state index contributed by atoms with van der Waals surface area (Å²) in [6.07, 6.45) is 0.875. The van der Waals surface area contributed by atoms with Gasteiger partial charge >= 0.3 is 0 Å². The number of rotatable bonds is 5. The molecule has 2 aromatic rings. The van der Waals surface area contributed by atoms with Crippen molar-refractivity contribution < 1.29 is 0 Å². The SMILES string of the molecule is CCc1nsc(NCc2cccc(CCl)c2)n1. The molecule has 0 amide bonds. The van der Waals surface area contributed by atoms with Crippen molar-refractivity contribution in [3.05, 3.63) is 41.2 Å². The number of aryl methyl sites for hydroxylation is 1. The second-order valence-corrected chi connectivity index (χ2v) is 4.70. The Kier molecular flexibility index (Phi) is 4.34. The lowest BCUT2D eigenvalue weighted by molar-refractivity contribution is 0.992. The summed E-state index contributed by atoms with van der Waals surface area (Å²) in [6, 6.07) is 8.22. The Morgan fingerprint density at radius 1 is 1.35 bits per heavy atom. The van der Waals surface area contributed by atoms with Gasteiger partial charge in [-0.2, -0.15) is 4.37 Å². The van der Waals surface area contributed by atoms with E-state index in [1.165, 1.54) is 17.1 Å². The molecule has 0 saturated heterocycles. The third kappa shape index (κ3) is 3.41. The minimum absolute atomic E-state index is 0.548. The van der Waals surface area contributed by atoms with Gasteiger partial charge in [0.25, 0.3) is 0 Å². The fourth-order valence-electron chi connectivity index (χ4n) is 1.47. The molecule has 3 nitrogen and oxygen atoms in total. The Labute approximate surface area is 110 Å². The van der Waals surface area contributed by atoms with Crippen molar-refractivity contribution in [2.45, 2.75) is 25.8 Å². The molecule has 1 aromatic carbocycles. The second kappa shape index (κ2) is 5.98. The van der Waals surface area contributed by atoms with Crippen molar-refractivity contribution in [2.24, 2.45) is 0 Å². The Hall–Kier alpha value is -1.13. The number of hydrogen-bond acceptors (Lipinski definition) is 4. The summed E-state index contributed by atoms with van der Waals surface area (Å²) in [4.78, 5) is 4.36. The van der Waals surface area contributed by atoms with Crippen LogP contribution in [0.3, 0.4) is 0 Å². The highest BCUT2D eigenvalue weighted by Crippen LogP contribution is 2.14. The van der Waals surface area contributed by atoms with Crippen LogP contribution < -0.4 is 5.32 Å². The monoisotopic (exact) mass is 267 g/mol. The van der Waals surface area contributed by atoms with Crippen LogP contribution in [0, 0.1) is 0 Å². The number of halogens is 1. The zero-order chi connectivity index (χ0) is 12.1. The van der Waals surface area contributed by atoms with Crippen LogP contribution >= 0.6 is 23.1 Å². The standard InChI is InChI=1S/C12H14ClN3S/c1-2-11-15-12(17-16-11)14-8-10-5-3-4-9(6-10)7-13/h3-6H,2,7-8H2,1H3,(H,14,15,16). The van der Waals surface area contributed by atoms with Crippen LogP contribution in [0.2, 0.25) is 0 Å². The second-order valence-electron chi connectivity index (χ2n) is 3.68. The van der Waals surface area contributed by atoms with Crippen LogP contribution in [0.25, 0.3) is 0 Å². The van der Waals surface area contributed by atoms with Crippen molar-refractivity contribution >= 4 is 28.3 Å². The molecule has 17 heavy (non-hydrogen) atoms. The number of aromatic nitrogens is 2. The molecule has 1 aromatic heterocycles. The van der Waals surface area contributed by atoms with Crippen molar-refractivity contribution in [2.75, 3.05) is 5.32 Å². The summed E-state index contributed by atoms with van der Waals surface area (Å²) in [6.45, 7) is 2.80. The van der Waals surface area contributed by atoms with Crippen molar-refractivity contribution in [3.63, 3.8) is 0 Å². The number of benzene rings is 1. The normalized spacial score (nSPS) is 10.5. The summed E-state index contributed by atoms with van der Waals surface area (Å²) >= 11 is 7.20. The van der Waals surface area contributed by atoms with E-state index in [2.05, 4.69) is 33.7 Å². The third-order valence-corrected chi connectivity index (χ3v) is 3.39. The Balaban J connectivity index is 1.96. The predicted octanol–water partition coefficient (Wildman–Crippen LogP) is 3.45. The first-order valence-corrected chi connectivity index (χ1v) is 6.83. The average Bonchev–Trinajstić information content (AvgIpc) is 2.84. The highest BCUT2D eigenvalue weighted by Gasteiger charge is 2.01. The van der Waals surface area contributed by atoms with Crippen LogP contribution in [0.1, 0.15) is 23.9 Å². The molecule has 0 aliphatic rings. The van der Waals surface area contributed by atoms with E-state index < -0.39 is 0 Å². The predicted molar refractivity (Wildman–Crippen MR) is 72.6 cm³/mol. The van der Waals surface area contributed by atoms with E-state index in [9.17, 15) is 0 Å². The zero-order valence-corrected chi connectivity index (χ0v) is 11.2. The number of hydrogen-bond donors (Lipinski definition) is 1. The molecule has 0 aliphatic heterocycles. The summed E-state index contributed by atoms with van der Waals surface area (Å²) in [7, 11) is 0. The smallest absolute Gasteiger partial charge is 0.202 e. The Bertz CT molecular complexity index is 484. The average molecular weight is 268 g/mol. The molecule has 0 spiro atoms. The van der Waals surface area contributed by atoms with Gasteiger partial charge in [-0.3, -0.25) is 0 Å². The largest absolute Gasteiger partial charge is 0.356 e. The molecule has 2 rings (SSSR count). The van der Waals surface area contributed by atoms with Gasteiger partial charge in [-0.25, -0.2) is 4.98 Å². The van der Waals surface area contributed by atoms with Gasteiger partial charge in [-0.1, -0.05) is 31.2 Å². The van der Waals surface area contributed by atoms with Gasteiger partial charge in [0.1, 0.15) is 5.82 Å². The first-order valence-electron chi connectivity index (χ1n) is 5.52. The van der Waals surface area contributed by atoms with Gasteiger partial charge in [-0.15, -0.1) is 11.6 Å². The maximum atomic E-state index is 5.80. The van der Waals surface area contributed by atoms with Crippen LogP contribution in [-0.4, -0.2) is 9.36 Å². The fraction of sp³-hybridized carbons (Fsp3) is 0.333. The highest BCUT2D eigenvalue weighted by molar-refractivity contribution is 7.09. The van der Waals surface area contributed by atoms with Crippen LogP contribution in [-0.2, 0) is 18.8 Å². The quantitative estimate of drug-likeness (QED) is 0.843. The van der Waals surface area contributed by atoms with Crippen LogP contribution in [0.15, 0.2) is 24.3 Å². The van der Waals surface area contributed by atoms with Crippen molar-refractivity contribution in [3.8, 4) is 0 Å². The molecular weight excluding hydrogens is 254 g/mol. The number of nitrogens with zero attached hydrogens (tertiary/aromatic N) is 2. The zero-order valence-electron chi connectivity index (χ0n) is 9.61. The van der Waals surface area contributed by atoms with Gasteiger partial charge in [0, 0.05) is 30.4 Å². The van der Waals surface area contributed by atoms with E-state index >= 15 is 0 Å². The van der Waals surface area contributed by atoms with E-state index in [0.29, 0.717) is 5.88 Å². The molecule has 0 radical (unpaired) electrons. The molecule has 0 bridgehead atoms. The maximum absolute atomic E-state index is 5.80. The van der Waals surface area contributed by atoms with Crippen molar-refractivity contribution in [1.82, 2.24) is 9.36 Å². The molecule has 0 atom stereocenters. The Morgan fingerprint density at radius 2 is 2.18 bits per heavy atom. The molecular formula is C12H14ClN3S. The Morgan fingerprint density at radius 3 is 2.88 bits per heavy atom. The maximum Gasteiger partial charge on any atom is 0.202 e. The third-order valence-electron chi connectivity index (χ3n) is 2.37. The number of anilines is 1. The molecule has 90 valence electrons. The van der Waals surface area contributed by atoms with Gasteiger partial charge in [0.15, 0.2) is 0 Å². The summed E-state index contributed by atoms with van der Waals surface area (Å²) in [5.74, 6) is 1.44. The van der Waals surface area contributed by atoms with Crippen LogP contribution in [0.4, 0.5) is 5.13 Å². The fourth-order valence-corrected chi connectivity index (χ4v) is 2.28. The molecule has 0 aliphatic carbocycles. The van der Waals surface area contributed by atoms with E-state index in [1.54, 1.807) is 0 Å². The first kappa shape index (κ1) is 12.3. The van der Waals surface area contributed by atoms with E-state index in [4.69, 9.17) is 11.6 Å². The minimum atomic E-state index is 0.548. The summed E-state index contributed by atoms with van der Waals surface area (Å²) in [5, 5.41) is 4.14. The molecule has 0 unspecified atom stereocenters. The van der Waals surface area contributed by atoms with E-state index in [-0.39, 0.29) is 0 Å². The highest BCUT2D eigenvalue weighted by atomic mass is 35.5. The first-order chi connectivity index (χ1) is 8.31. The summed E-state index contributed by atoms with van der Waals surface area (Å²) < 4.78 is 4.23. The number of alkyl halides is 1. The number of nitrogens with one attached hydrogen (secondary N) is 1. The minimum Gasteiger partial charge on any atom is -0.356 e. The molecule has 5 heteroatoms. The lowest BCUT2D eigenvalue weighted by Crippen LogP contribution is -1.99. The van der Waals surface area contributed by atoms with Gasteiger partial charge in [0.2, 0.25) is 5.13 Å². The molecule has 1 N–H and O–H groups in total. The van der Waals surface area contributed by atoms with Crippen LogP contribution in [0.5, 0.6) is 0 Å². The topological polar surface area (TPSA) is 37.8 Å². The van der Waals surface area contributed by atoms with Crippen molar-refractivity contribution in [1.29, 1.82) is 0 Å². The van der Waals surface area contributed by atoms with E-state index in [1.807, 2.05) is 12.1 Å².